The van der Waals surface area contributed by atoms with Gasteiger partial charge in [0.2, 0.25) is 0 Å². The predicted molar refractivity (Wildman–Crippen MR) is 61.5 cm³/mol. The van der Waals surface area contributed by atoms with Gasteiger partial charge in [0.15, 0.2) is 12.1 Å². The van der Waals surface area contributed by atoms with Crippen molar-refractivity contribution in [3.8, 4) is 0 Å². The van der Waals surface area contributed by atoms with Crippen LogP contribution in [0.4, 0.5) is 0 Å². The Labute approximate surface area is 100 Å². The number of rotatable bonds is 4. The summed E-state index contributed by atoms with van der Waals surface area (Å²) in [5.41, 5.74) is 5.95. The van der Waals surface area contributed by atoms with E-state index in [-0.39, 0.29) is 24.4 Å². The maximum atomic E-state index is 11.7. The molecule has 0 spiro atoms. The number of hydrogen-bond donors (Lipinski definition) is 2. The highest BCUT2D eigenvalue weighted by atomic mass is 35.5. The Morgan fingerprint density at radius 2 is 2.44 bits per heavy atom. The zero-order valence-corrected chi connectivity index (χ0v) is 9.92. The van der Waals surface area contributed by atoms with Crippen molar-refractivity contribution in [2.75, 3.05) is 6.54 Å². The quantitative estimate of drug-likeness (QED) is 0.825. The Hall–Kier alpha value is -1.07. The lowest BCUT2D eigenvalue weighted by Gasteiger charge is -2.14. The largest absolute Gasteiger partial charge is 0.448 e. The van der Waals surface area contributed by atoms with E-state index in [0.29, 0.717) is 23.9 Å². The molecule has 6 heteroatoms. The third-order valence-electron chi connectivity index (χ3n) is 2.72. The second kappa shape index (κ2) is 5.32. The van der Waals surface area contributed by atoms with Crippen LogP contribution < -0.4 is 11.1 Å². The molecule has 5 nitrogen and oxygen atoms in total. The number of oxazole rings is 1. The minimum absolute atomic E-state index is 0. The predicted octanol–water partition coefficient (Wildman–Crippen LogP) is 0.872. The van der Waals surface area contributed by atoms with Crippen LogP contribution in [0.2, 0.25) is 0 Å². The number of amides is 1. The molecule has 0 aliphatic heterocycles. The molecule has 1 heterocycles. The van der Waals surface area contributed by atoms with Gasteiger partial charge in [-0.1, -0.05) is 0 Å². The lowest BCUT2D eigenvalue weighted by atomic mass is 10.2. The van der Waals surface area contributed by atoms with E-state index in [4.69, 9.17) is 10.2 Å². The molecule has 0 saturated heterocycles. The van der Waals surface area contributed by atoms with Crippen LogP contribution in [-0.2, 0) is 0 Å². The van der Waals surface area contributed by atoms with E-state index >= 15 is 0 Å². The average molecular weight is 246 g/mol. The molecule has 2 rings (SSSR count). The van der Waals surface area contributed by atoms with E-state index in [9.17, 15) is 4.79 Å². The smallest absolute Gasteiger partial charge is 0.273 e. The third-order valence-corrected chi connectivity index (χ3v) is 2.72. The standard InChI is InChI=1S/C10H15N3O2.ClH/c1-6-9(12-5-15-6)10(14)13-8(4-11)7-2-3-7;/h5,7-8H,2-4,11H2,1H3,(H,13,14);1H. The summed E-state index contributed by atoms with van der Waals surface area (Å²) in [6, 6.07) is 0.0774. The maximum Gasteiger partial charge on any atom is 0.273 e. The minimum atomic E-state index is -0.191. The van der Waals surface area contributed by atoms with Crippen molar-refractivity contribution in [3.63, 3.8) is 0 Å². The number of carbonyl (C=O) groups excluding carboxylic acids is 1. The van der Waals surface area contributed by atoms with E-state index in [1.54, 1.807) is 6.92 Å². The molecule has 1 aromatic rings. The second-order valence-corrected chi connectivity index (χ2v) is 3.91. The minimum Gasteiger partial charge on any atom is -0.448 e. The van der Waals surface area contributed by atoms with Gasteiger partial charge in [0.05, 0.1) is 0 Å². The van der Waals surface area contributed by atoms with Crippen molar-refractivity contribution in [2.45, 2.75) is 25.8 Å². The Balaban J connectivity index is 0.00000128. The molecule has 1 aliphatic carbocycles. The number of halogens is 1. The van der Waals surface area contributed by atoms with Gasteiger partial charge in [-0.05, 0) is 25.7 Å². The zero-order chi connectivity index (χ0) is 10.8. The second-order valence-electron chi connectivity index (χ2n) is 3.91. The summed E-state index contributed by atoms with van der Waals surface area (Å²) < 4.78 is 4.97. The number of nitrogens with zero attached hydrogens (tertiary/aromatic N) is 1. The number of aromatic nitrogens is 1. The van der Waals surface area contributed by atoms with Crippen LogP contribution in [0.25, 0.3) is 0 Å². The fraction of sp³-hybridized carbons (Fsp3) is 0.600. The summed E-state index contributed by atoms with van der Waals surface area (Å²) in [4.78, 5) is 15.6. The van der Waals surface area contributed by atoms with Crippen molar-refractivity contribution < 1.29 is 9.21 Å². The lowest BCUT2D eigenvalue weighted by Crippen LogP contribution is -2.42. The number of nitrogens with two attached hydrogens (primary N) is 1. The zero-order valence-electron chi connectivity index (χ0n) is 9.10. The van der Waals surface area contributed by atoms with Crippen LogP contribution in [0.5, 0.6) is 0 Å². The van der Waals surface area contributed by atoms with Crippen molar-refractivity contribution in [1.82, 2.24) is 10.3 Å². The van der Waals surface area contributed by atoms with Crippen molar-refractivity contribution in [3.05, 3.63) is 17.8 Å². The number of nitrogens with one attached hydrogen (secondary N) is 1. The van der Waals surface area contributed by atoms with Crippen LogP contribution >= 0.6 is 12.4 Å². The van der Waals surface area contributed by atoms with E-state index in [0.717, 1.165) is 12.8 Å². The van der Waals surface area contributed by atoms with Gasteiger partial charge in [0.25, 0.3) is 5.91 Å². The number of aryl methyl sites for hydroxylation is 1. The molecule has 0 bridgehead atoms. The highest BCUT2D eigenvalue weighted by Crippen LogP contribution is 2.32. The van der Waals surface area contributed by atoms with Crippen LogP contribution in [0.1, 0.15) is 29.1 Å². The van der Waals surface area contributed by atoms with E-state index in [1.807, 2.05) is 0 Å². The van der Waals surface area contributed by atoms with Gasteiger partial charge >= 0.3 is 0 Å². The molecule has 1 atom stereocenters. The molecule has 1 aliphatic rings. The molecule has 90 valence electrons. The summed E-state index contributed by atoms with van der Waals surface area (Å²) in [5.74, 6) is 0.897. The topological polar surface area (TPSA) is 81.2 Å². The van der Waals surface area contributed by atoms with Crippen LogP contribution in [-0.4, -0.2) is 23.5 Å². The third kappa shape index (κ3) is 2.74. The molecule has 1 unspecified atom stereocenters. The molecule has 0 aromatic carbocycles. The first-order valence-electron chi connectivity index (χ1n) is 5.13. The monoisotopic (exact) mass is 245 g/mol. The van der Waals surface area contributed by atoms with Crippen LogP contribution in [0.15, 0.2) is 10.8 Å². The Morgan fingerprint density at radius 1 is 1.75 bits per heavy atom. The highest BCUT2D eigenvalue weighted by Gasteiger charge is 2.32. The van der Waals surface area contributed by atoms with Gasteiger partial charge in [-0.3, -0.25) is 4.79 Å². The van der Waals surface area contributed by atoms with Crippen LogP contribution in [0, 0.1) is 12.8 Å². The van der Waals surface area contributed by atoms with Gasteiger partial charge in [0, 0.05) is 12.6 Å². The van der Waals surface area contributed by atoms with Gasteiger partial charge in [-0.2, -0.15) is 0 Å². The van der Waals surface area contributed by atoms with Crippen LogP contribution in [0.3, 0.4) is 0 Å². The summed E-state index contributed by atoms with van der Waals surface area (Å²) in [7, 11) is 0. The summed E-state index contributed by atoms with van der Waals surface area (Å²) in [5, 5.41) is 2.89. The lowest BCUT2D eigenvalue weighted by molar-refractivity contribution is 0.0927. The average Bonchev–Trinajstić information content (AvgIpc) is 2.97. The van der Waals surface area contributed by atoms with Gasteiger partial charge in [-0.15, -0.1) is 12.4 Å². The fourth-order valence-corrected chi connectivity index (χ4v) is 1.63. The van der Waals surface area contributed by atoms with E-state index in [1.165, 1.54) is 6.39 Å². The molecule has 1 saturated carbocycles. The Kier molecular flexibility index (Phi) is 4.32. The molecule has 16 heavy (non-hydrogen) atoms. The first-order valence-corrected chi connectivity index (χ1v) is 5.13. The molecular weight excluding hydrogens is 230 g/mol. The first kappa shape index (κ1) is 13.0. The van der Waals surface area contributed by atoms with E-state index < -0.39 is 0 Å². The van der Waals surface area contributed by atoms with Crippen molar-refractivity contribution >= 4 is 18.3 Å². The Morgan fingerprint density at radius 3 is 2.88 bits per heavy atom. The molecule has 1 fully saturated rings. The first-order chi connectivity index (χ1) is 7.22. The van der Waals surface area contributed by atoms with Gasteiger partial charge in [-0.25, -0.2) is 4.98 Å². The number of carbonyl (C=O) groups is 1. The highest BCUT2D eigenvalue weighted by molar-refractivity contribution is 5.93. The number of hydrogen-bond acceptors (Lipinski definition) is 4. The van der Waals surface area contributed by atoms with E-state index in [2.05, 4.69) is 10.3 Å². The summed E-state index contributed by atoms with van der Waals surface area (Å²) in [6.45, 7) is 2.20. The SMILES string of the molecule is Cc1ocnc1C(=O)NC(CN)C1CC1.Cl. The Bertz CT molecular complexity index is 363. The fourth-order valence-electron chi connectivity index (χ4n) is 1.63. The normalized spacial score (nSPS) is 16.4. The van der Waals surface area contributed by atoms with Crippen molar-refractivity contribution in [1.29, 1.82) is 0 Å². The maximum absolute atomic E-state index is 11.7. The van der Waals surface area contributed by atoms with Crippen molar-refractivity contribution in [2.24, 2.45) is 11.7 Å². The summed E-state index contributed by atoms with van der Waals surface area (Å²) in [6.07, 6.45) is 3.58. The van der Waals surface area contributed by atoms with Gasteiger partial charge in [0.1, 0.15) is 5.76 Å². The molecule has 0 radical (unpaired) electrons. The molecule has 1 aromatic heterocycles. The summed E-state index contributed by atoms with van der Waals surface area (Å²) >= 11 is 0. The van der Waals surface area contributed by atoms with Gasteiger partial charge < -0.3 is 15.5 Å². The molecule has 3 N–H and O–H groups in total. The molecular formula is C10H16ClN3O2. The molecule has 1 amide bonds.